The average Bonchev–Trinajstić information content (AvgIpc) is 3.22. The maximum absolute atomic E-state index is 11.3. The molecule has 0 unspecified atom stereocenters. The Kier molecular flexibility index (Phi) is 7.78. The van der Waals surface area contributed by atoms with Crippen molar-refractivity contribution >= 4 is 52.3 Å². The van der Waals surface area contributed by atoms with Crippen LogP contribution in [0.25, 0.3) is 11.0 Å². The molecule has 0 aliphatic rings. The molecule has 0 saturated heterocycles. The number of benzene rings is 2. The van der Waals surface area contributed by atoms with Gasteiger partial charge in [-0.05, 0) is 60.7 Å². The van der Waals surface area contributed by atoms with Gasteiger partial charge in [0.15, 0.2) is 5.16 Å². The van der Waals surface area contributed by atoms with Crippen molar-refractivity contribution in [2.24, 2.45) is 0 Å². The zero-order valence-electron chi connectivity index (χ0n) is 17.6. The molecule has 0 fully saturated rings. The third kappa shape index (κ3) is 5.68. The average molecular weight is 482 g/mol. The van der Waals surface area contributed by atoms with Crippen LogP contribution in [0.4, 0.5) is 0 Å². The first-order valence-electron chi connectivity index (χ1n) is 10.2. The van der Waals surface area contributed by atoms with E-state index in [0.717, 1.165) is 50.5 Å². The first kappa shape index (κ1) is 22.8. The molecular weight excluding hydrogens is 458 g/mol. The van der Waals surface area contributed by atoms with Gasteiger partial charge in [0.05, 0.1) is 22.3 Å². The van der Waals surface area contributed by atoms with Crippen molar-refractivity contribution in [3.63, 3.8) is 0 Å². The van der Waals surface area contributed by atoms with Crippen LogP contribution in [0.5, 0.6) is 0 Å². The largest absolute Gasteiger partial charge is 0.478 e. The van der Waals surface area contributed by atoms with Crippen LogP contribution in [0.1, 0.15) is 28.0 Å². The number of hydrogen-bond acceptors (Lipinski definition) is 6. The minimum Gasteiger partial charge on any atom is -0.478 e. The van der Waals surface area contributed by atoms with E-state index in [4.69, 9.17) is 0 Å². The molecule has 5 nitrogen and oxygen atoms in total. The number of para-hydroxylation sites is 2. The summed E-state index contributed by atoms with van der Waals surface area (Å²) < 4.78 is 0. The van der Waals surface area contributed by atoms with Gasteiger partial charge in [-0.15, -0.1) is 23.5 Å². The summed E-state index contributed by atoms with van der Waals surface area (Å²) in [6.07, 6.45) is 2.87. The van der Waals surface area contributed by atoms with E-state index in [9.17, 15) is 9.90 Å². The van der Waals surface area contributed by atoms with Crippen LogP contribution in [-0.4, -0.2) is 37.5 Å². The molecule has 2 heterocycles. The van der Waals surface area contributed by atoms with Crippen LogP contribution in [0, 0.1) is 6.92 Å². The van der Waals surface area contributed by atoms with E-state index in [1.807, 2.05) is 54.4 Å². The monoisotopic (exact) mass is 481 g/mol. The normalized spacial score (nSPS) is 11.2. The van der Waals surface area contributed by atoms with Crippen LogP contribution < -0.4 is 0 Å². The Morgan fingerprint density at radius 1 is 0.969 bits per heavy atom. The number of hydrogen-bond donors (Lipinski definition) is 2. The molecule has 0 aliphatic heterocycles. The number of carbonyl (C=O) groups is 1. The van der Waals surface area contributed by atoms with Crippen molar-refractivity contribution in [3.05, 3.63) is 77.6 Å². The number of pyridine rings is 1. The second-order valence-electron chi connectivity index (χ2n) is 7.08. The van der Waals surface area contributed by atoms with Crippen LogP contribution >= 0.6 is 35.3 Å². The zero-order valence-corrected chi connectivity index (χ0v) is 20.0. The SMILES string of the molecule is Cc1c(SCCCSc2ccccc2C(=O)O)ccnc1CSc1nc2ccccc2[nH]1. The quantitative estimate of drug-likeness (QED) is 0.197. The minimum absolute atomic E-state index is 0.377. The molecule has 0 aliphatic carbocycles. The van der Waals surface area contributed by atoms with E-state index in [1.54, 1.807) is 35.7 Å². The van der Waals surface area contributed by atoms with Gasteiger partial charge in [-0.25, -0.2) is 9.78 Å². The third-order valence-electron chi connectivity index (χ3n) is 4.89. The molecule has 0 atom stereocenters. The number of rotatable bonds is 10. The Hall–Kier alpha value is -2.42. The highest BCUT2D eigenvalue weighted by Gasteiger charge is 2.11. The zero-order chi connectivity index (χ0) is 22.3. The Labute approximate surface area is 199 Å². The van der Waals surface area contributed by atoms with Gasteiger partial charge in [-0.3, -0.25) is 4.98 Å². The van der Waals surface area contributed by atoms with Crippen molar-refractivity contribution in [1.82, 2.24) is 15.0 Å². The van der Waals surface area contributed by atoms with Crippen LogP contribution in [0.15, 0.2) is 75.7 Å². The third-order valence-corrected chi connectivity index (χ3v) is 8.18. The van der Waals surface area contributed by atoms with E-state index in [1.165, 1.54) is 10.5 Å². The lowest BCUT2D eigenvalue weighted by Crippen LogP contribution is -1.98. The van der Waals surface area contributed by atoms with Crippen molar-refractivity contribution < 1.29 is 9.90 Å². The first-order valence-corrected chi connectivity index (χ1v) is 13.2. The number of nitrogens with zero attached hydrogens (tertiary/aromatic N) is 2. The Balaban J connectivity index is 1.28. The highest BCUT2D eigenvalue weighted by Crippen LogP contribution is 2.30. The lowest BCUT2D eigenvalue weighted by Gasteiger charge is -2.10. The summed E-state index contributed by atoms with van der Waals surface area (Å²) in [5, 5.41) is 10.2. The van der Waals surface area contributed by atoms with Gasteiger partial charge in [0, 0.05) is 21.7 Å². The number of thioether (sulfide) groups is 3. The molecule has 8 heteroatoms. The maximum atomic E-state index is 11.3. The molecule has 4 aromatic rings. The molecule has 164 valence electrons. The number of aromatic nitrogens is 3. The molecule has 32 heavy (non-hydrogen) atoms. The Bertz CT molecular complexity index is 1190. The summed E-state index contributed by atoms with van der Waals surface area (Å²) in [6.45, 7) is 2.13. The highest BCUT2D eigenvalue weighted by atomic mass is 32.2. The summed E-state index contributed by atoms with van der Waals surface area (Å²) in [4.78, 5) is 26.0. The van der Waals surface area contributed by atoms with E-state index in [2.05, 4.69) is 27.9 Å². The van der Waals surface area contributed by atoms with Crippen molar-refractivity contribution in [2.75, 3.05) is 11.5 Å². The predicted octanol–water partition coefficient (Wildman–Crippen LogP) is 6.53. The number of carboxylic acid groups (broad SMARTS) is 1. The molecule has 0 spiro atoms. The number of fused-ring (bicyclic) bond motifs is 1. The van der Waals surface area contributed by atoms with E-state index in [-0.39, 0.29) is 0 Å². The fraction of sp³-hybridized carbons (Fsp3) is 0.208. The minimum atomic E-state index is -0.872. The number of carboxylic acids is 1. The van der Waals surface area contributed by atoms with E-state index < -0.39 is 5.97 Å². The molecule has 0 saturated carbocycles. The standard InChI is InChI=1S/C24H23N3O2S3/c1-16-20(15-32-24-26-18-8-3-4-9-19(18)27-24)25-12-11-21(16)30-13-6-14-31-22-10-5-2-7-17(22)23(28)29/h2-5,7-12H,6,13-15H2,1H3,(H,26,27)(H,28,29). The summed E-state index contributed by atoms with van der Waals surface area (Å²) in [5.74, 6) is 1.75. The molecule has 2 N–H and O–H groups in total. The molecule has 0 amide bonds. The lowest BCUT2D eigenvalue weighted by molar-refractivity contribution is 0.0693. The smallest absolute Gasteiger partial charge is 0.336 e. The second-order valence-corrected chi connectivity index (χ2v) is 10.3. The summed E-state index contributed by atoms with van der Waals surface area (Å²) in [5.41, 5.74) is 4.69. The fourth-order valence-corrected chi connectivity index (χ4v) is 6.27. The molecule has 2 aromatic heterocycles. The lowest BCUT2D eigenvalue weighted by atomic mass is 10.2. The van der Waals surface area contributed by atoms with Crippen molar-refractivity contribution in [3.8, 4) is 0 Å². The maximum Gasteiger partial charge on any atom is 0.336 e. The van der Waals surface area contributed by atoms with Gasteiger partial charge in [0.1, 0.15) is 0 Å². The fourth-order valence-electron chi connectivity index (χ4n) is 3.19. The number of aromatic carboxylic acids is 1. The summed E-state index contributed by atoms with van der Waals surface area (Å²) in [6, 6.07) is 17.3. The van der Waals surface area contributed by atoms with Crippen molar-refractivity contribution in [2.45, 2.75) is 34.0 Å². The van der Waals surface area contributed by atoms with Crippen LogP contribution in [0.2, 0.25) is 0 Å². The molecular formula is C24H23N3O2S3. The number of H-pyrrole nitrogens is 1. The topological polar surface area (TPSA) is 78.9 Å². The number of imidazole rings is 1. The molecule has 0 bridgehead atoms. The van der Waals surface area contributed by atoms with Gasteiger partial charge in [-0.2, -0.15) is 0 Å². The summed E-state index contributed by atoms with van der Waals surface area (Å²) >= 11 is 5.10. The van der Waals surface area contributed by atoms with Gasteiger partial charge in [0.2, 0.25) is 0 Å². The number of aromatic amines is 1. The van der Waals surface area contributed by atoms with Gasteiger partial charge < -0.3 is 10.1 Å². The molecule has 4 rings (SSSR count). The van der Waals surface area contributed by atoms with Gasteiger partial charge >= 0.3 is 5.97 Å². The van der Waals surface area contributed by atoms with Crippen LogP contribution in [0.3, 0.4) is 0 Å². The van der Waals surface area contributed by atoms with Gasteiger partial charge in [0.25, 0.3) is 0 Å². The first-order chi connectivity index (χ1) is 15.6. The van der Waals surface area contributed by atoms with Crippen LogP contribution in [-0.2, 0) is 5.75 Å². The van der Waals surface area contributed by atoms with Gasteiger partial charge in [-0.1, -0.05) is 36.0 Å². The number of nitrogens with one attached hydrogen (secondary N) is 1. The summed E-state index contributed by atoms with van der Waals surface area (Å²) in [7, 11) is 0. The Morgan fingerprint density at radius 2 is 1.72 bits per heavy atom. The highest BCUT2D eigenvalue weighted by molar-refractivity contribution is 8.00. The second kappa shape index (κ2) is 10.9. The molecule has 0 radical (unpaired) electrons. The van der Waals surface area contributed by atoms with E-state index >= 15 is 0 Å². The molecule has 2 aromatic carbocycles. The Morgan fingerprint density at radius 3 is 2.53 bits per heavy atom. The van der Waals surface area contributed by atoms with Crippen molar-refractivity contribution in [1.29, 1.82) is 0 Å². The predicted molar refractivity (Wildman–Crippen MR) is 134 cm³/mol. The van der Waals surface area contributed by atoms with E-state index in [0.29, 0.717) is 5.56 Å².